The summed E-state index contributed by atoms with van der Waals surface area (Å²) < 4.78 is 0. The van der Waals surface area contributed by atoms with Gasteiger partial charge in [-0.05, 0) is 25.9 Å². The maximum atomic E-state index is 2.36. The third-order valence-corrected chi connectivity index (χ3v) is 2.60. The lowest BCUT2D eigenvalue weighted by Crippen LogP contribution is -1.82. The molecule has 0 aliphatic carbocycles. The van der Waals surface area contributed by atoms with Crippen molar-refractivity contribution in [3.05, 3.63) is 11.4 Å². The molecule has 0 saturated carbocycles. The Morgan fingerprint density at radius 2 is 2.57 bits per heavy atom. The van der Waals surface area contributed by atoms with E-state index in [1.54, 1.807) is 5.31 Å². The second-order valence-corrected chi connectivity index (χ2v) is 3.60. The summed E-state index contributed by atoms with van der Waals surface area (Å²) in [4.78, 5) is 0. The van der Waals surface area contributed by atoms with E-state index in [1.807, 2.05) is 0 Å². The highest BCUT2D eigenvalue weighted by molar-refractivity contribution is 7.43. The fourth-order valence-corrected chi connectivity index (χ4v) is 1.84. The van der Waals surface area contributed by atoms with Crippen LogP contribution in [-0.4, -0.2) is 6.16 Å². The molecule has 1 unspecified atom stereocenters. The molecule has 1 aliphatic heterocycles. The average molecular weight is 114 g/mol. The van der Waals surface area contributed by atoms with Crippen molar-refractivity contribution in [1.29, 1.82) is 0 Å². The van der Waals surface area contributed by atoms with Crippen molar-refractivity contribution in [2.75, 3.05) is 6.16 Å². The highest BCUT2D eigenvalue weighted by Gasteiger charge is 1.94. The van der Waals surface area contributed by atoms with Gasteiger partial charge in [0.1, 0.15) is 0 Å². The summed E-state index contributed by atoms with van der Waals surface area (Å²) in [7, 11) is 1.14. The SMILES string of the molecule is CC1=CCCCP1. The Morgan fingerprint density at radius 1 is 1.71 bits per heavy atom. The molecule has 0 bridgehead atoms. The molecule has 1 aliphatic rings. The maximum Gasteiger partial charge on any atom is -0.0313 e. The lowest BCUT2D eigenvalue weighted by Gasteiger charge is -2.05. The summed E-state index contributed by atoms with van der Waals surface area (Å²) in [6, 6.07) is 0. The smallest absolute Gasteiger partial charge is 0.0313 e. The van der Waals surface area contributed by atoms with Crippen LogP contribution in [0.25, 0.3) is 0 Å². The monoisotopic (exact) mass is 114 g/mol. The average Bonchev–Trinajstić information content (AvgIpc) is 1.69. The van der Waals surface area contributed by atoms with Crippen LogP contribution < -0.4 is 0 Å². The number of allylic oxidation sites excluding steroid dienone is 2. The van der Waals surface area contributed by atoms with Crippen LogP contribution in [-0.2, 0) is 0 Å². The minimum Gasteiger partial charge on any atom is -0.0955 e. The van der Waals surface area contributed by atoms with Crippen molar-refractivity contribution in [2.45, 2.75) is 19.8 Å². The van der Waals surface area contributed by atoms with Crippen LogP contribution in [0.15, 0.2) is 11.4 Å². The van der Waals surface area contributed by atoms with Gasteiger partial charge >= 0.3 is 0 Å². The molecule has 0 radical (unpaired) electrons. The van der Waals surface area contributed by atoms with Gasteiger partial charge in [-0.15, -0.1) is 0 Å². The van der Waals surface area contributed by atoms with E-state index >= 15 is 0 Å². The lowest BCUT2D eigenvalue weighted by atomic mass is 10.3. The van der Waals surface area contributed by atoms with Crippen molar-refractivity contribution >= 4 is 8.58 Å². The fraction of sp³-hybridized carbons (Fsp3) is 0.667. The molecule has 0 aromatic heterocycles. The number of hydrogen-bond donors (Lipinski definition) is 0. The molecule has 1 atom stereocenters. The highest BCUT2D eigenvalue weighted by atomic mass is 31.1. The van der Waals surface area contributed by atoms with Crippen LogP contribution in [0.5, 0.6) is 0 Å². The first-order chi connectivity index (χ1) is 3.39. The molecule has 0 fully saturated rings. The molecule has 0 N–H and O–H groups in total. The molecule has 1 heterocycles. The highest BCUT2D eigenvalue weighted by Crippen LogP contribution is 2.28. The van der Waals surface area contributed by atoms with Crippen LogP contribution in [0, 0.1) is 0 Å². The van der Waals surface area contributed by atoms with E-state index in [2.05, 4.69) is 13.0 Å². The van der Waals surface area contributed by atoms with Gasteiger partial charge < -0.3 is 0 Å². The van der Waals surface area contributed by atoms with Gasteiger partial charge in [0.2, 0.25) is 0 Å². The zero-order valence-corrected chi connectivity index (χ0v) is 5.70. The Morgan fingerprint density at radius 3 is 2.86 bits per heavy atom. The first kappa shape index (κ1) is 5.31. The van der Waals surface area contributed by atoms with Gasteiger partial charge in [-0.1, -0.05) is 20.0 Å². The predicted octanol–water partition coefficient (Wildman–Crippen LogP) is 2.36. The summed E-state index contributed by atoms with van der Waals surface area (Å²) in [5.74, 6) is 0. The zero-order chi connectivity index (χ0) is 5.11. The molecule has 7 heavy (non-hydrogen) atoms. The second kappa shape index (κ2) is 2.47. The van der Waals surface area contributed by atoms with E-state index in [9.17, 15) is 0 Å². The van der Waals surface area contributed by atoms with Gasteiger partial charge in [-0.25, -0.2) is 0 Å². The van der Waals surface area contributed by atoms with Crippen molar-refractivity contribution < 1.29 is 0 Å². The maximum absolute atomic E-state index is 2.36. The largest absolute Gasteiger partial charge is 0.0955 e. The molecule has 40 valence electrons. The van der Waals surface area contributed by atoms with Gasteiger partial charge in [0.25, 0.3) is 0 Å². The molecule has 1 heteroatoms. The van der Waals surface area contributed by atoms with Crippen molar-refractivity contribution in [3.8, 4) is 0 Å². The molecule has 0 spiro atoms. The van der Waals surface area contributed by atoms with E-state index in [0.29, 0.717) is 0 Å². The second-order valence-electron chi connectivity index (χ2n) is 1.96. The molecule has 0 amide bonds. The molecule has 0 saturated heterocycles. The van der Waals surface area contributed by atoms with Crippen LogP contribution in [0.2, 0.25) is 0 Å². The summed E-state index contributed by atoms with van der Waals surface area (Å²) in [5.41, 5.74) is 0. The zero-order valence-electron chi connectivity index (χ0n) is 4.70. The Labute approximate surface area is 46.8 Å². The molecular weight excluding hydrogens is 103 g/mol. The molecule has 0 nitrogen and oxygen atoms in total. The standard InChI is InChI=1S/C6H11P/c1-6-4-2-3-5-7-6/h4,7H,2-3,5H2,1H3. The van der Waals surface area contributed by atoms with Gasteiger partial charge in [0.05, 0.1) is 0 Å². The summed E-state index contributed by atoms with van der Waals surface area (Å²) in [6.45, 7) is 2.23. The Hall–Kier alpha value is 0.170. The van der Waals surface area contributed by atoms with Gasteiger partial charge in [0.15, 0.2) is 0 Å². The minimum atomic E-state index is 1.14. The third-order valence-electron chi connectivity index (χ3n) is 1.24. The van der Waals surface area contributed by atoms with Gasteiger partial charge in [-0.2, -0.15) is 0 Å². The van der Waals surface area contributed by atoms with E-state index in [-0.39, 0.29) is 0 Å². The molecule has 0 aromatic carbocycles. The van der Waals surface area contributed by atoms with E-state index in [4.69, 9.17) is 0 Å². The summed E-state index contributed by atoms with van der Waals surface area (Å²) >= 11 is 0. The van der Waals surface area contributed by atoms with E-state index in [0.717, 1.165) is 8.58 Å². The Bertz CT molecular complexity index is 84.2. The molecule has 1 rings (SSSR count). The number of hydrogen-bond acceptors (Lipinski definition) is 0. The first-order valence-corrected chi connectivity index (χ1v) is 4.01. The van der Waals surface area contributed by atoms with Gasteiger partial charge in [0, 0.05) is 0 Å². The van der Waals surface area contributed by atoms with Crippen LogP contribution in [0.3, 0.4) is 0 Å². The van der Waals surface area contributed by atoms with Crippen LogP contribution in [0.1, 0.15) is 19.8 Å². The first-order valence-electron chi connectivity index (χ1n) is 2.80. The summed E-state index contributed by atoms with van der Waals surface area (Å²) in [6.07, 6.45) is 6.57. The third kappa shape index (κ3) is 1.61. The van der Waals surface area contributed by atoms with E-state index in [1.165, 1.54) is 19.0 Å². The lowest BCUT2D eigenvalue weighted by molar-refractivity contribution is 0.952. The van der Waals surface area contributed by atoms with Crippen LogP contribution >= 0.6 is 8.58 Å². The van der Waals surface area contributed by atoms with Gasteiger partial charge in [-0.3, -0.25) is 0 Å². The topological polar surface area (TPSA) is 0 Å². The Kier molecular flexibility index (Phi) is 1.87. The fourth-order valence-electron chi connectivity index (χ4n) is 0.778. The minimum absolute atomic E-state index is 1.14. The van der Waals surface area contributed by atoms with E-state index < -0.39 is 0 Å². The molecular formula is C6H11P. The van der Waals surface area contributed by atoms with Crippen LogP contribution in [0.4, 0.5) is 0 Å². The van der Waals surface area contributed by atoms with Crippen molar-refractivity contribution in [3.63, 3.8) is 0 Å². The normalized spacial score (nSPS) is 25.0. The van der Waals surface area contributed by atoms with Crippen molar-refractivity contribution in [1.82, 2.24) is 0 Å². The number of rotatable bonds is 0. The summed E-state index contributed by atoms with van der Waals surface area (Å²) in [5, 5.41) is 1.62. The quantitative estimate of drug-likeness (QED) is 0.424. The Balaban J connectivity index is 2.40. The molecule has 0 aromatic rings. The van der Waals surface area contributed by atoms with Crippen molar-refractivity contribution in [2.24, 2.45) is 0 Å². The predicted molar refractivity (Wildman–Crippen MR) is 36.2 cm³/mol.